The lowest BCUT2D eigenvalue weighted by molar-refractivity contribution is -0.142. The van der Waals surface area contributed by atoms with E-state index >= 15 is 0 Å². The van der Waals surface area contributed by atoms with Crippen LogP contribution in [0.1, 0.15) is 13.8 Å². The Kier molecular flexibility index (Phi) is 6.95. The molecule has 1 aromatic carbocycles. The van der Waals surface area contributed by atoms with Gasteiger partial charge in [-0.05, 0) is 26.0 Å². The summed E-state index contributed by atoms with van der Waals surface area (Å²) in [5.74, 6) is -0.699. The second kappa shape index (κ2) is 8.22. The molecule has 1 aromatic rings. The van der Waals surface area contributed by atoms with Crippen molar-refractivity contribution in [2.45, 2.75) is 19.9 Å². The van der Waals surface area contributed by atoms with Crippen LogP contribution in [0.4, 0.5) is 5.69 Å². The third-order valence-corrected chi connectivity index (χ3v) is 3.49. The van der Waals surface area contributed by atoms with Gasteiger partial charge in [0.25, 0.3) is 0 Å². The number of nitrogens with one attached hydrogen (secondary N) is 1. The monoisotopic (exact) mass is 332 g/mol. The van der Waals surface area contributed by atoms with E-state index in [2.05, 4.69) is 10.1 Å². The second-order valence-electron chi connectivity index (χ2n) is 4.72. The van der Waals surface area contributed by atoms with Crippen LogP contribution in [0.15, 0.2) is 18.2 Å². The normalized spacial score (nSPS) is 10.8. The summed E-state index contributed by atoms with van der Waals surface area (Å²) in [6, 6.07) is 4.98. The maximum atomic E-state index is 12.1. The van der Waals surface area contributed by atoms with Crippen LogP contribution in [-0.2, 0) is 14.3 Å². The van der Waals surface area contributed by atoms with Gasteiger partial charge in [-0.1, -0.05) is 29.3 Å². The van der Waals surface area contributed by atoms with Crippen LogP contribution >= 0.6 is 23.2 Å². The molecular weight excluding hydrogens is 315 g/mol. The van der Waals surface area contributed by atoms with E-state index in [9.17, 15) is 9.59 Å². The first-order chi connectivity index (χ1) is 9.85. The molecule has 1 amide bonds. The van der Waals surface area contributed by atoms with Crippen molar-refractivity contribution in [3.05, 3.63) is 28.2 Å². The molecule has 0 fully saturated rings. The van der Waals surface area contributed by atoms with Gasteiger partial charge >= 0.3 is 5.97 Å². The van der Waals surface area contributed by atoms with Crippen LogP contribution < -0.4 is 5.32 Å². The molecule has 1 N–H and O–H groups in total. The van der Waals surface area contributed by atoms with Gasteiger partial charge in [0, 0.05) is 6.04 Å². The molecule has 0 heterocycles. The molecule has 21 heavy (non-hydrogen) atoms. The largest absolute Gasteiger partial charge is 0.468 e. The Hall–Kier alpha value is -1.30. The first-order valence-electron chi connectivity index (χ1n) is 6.40. The molecule has 0 aliphatic heterocycles. The van der Waals surface area contributed by atoms with Gasteiger partial charge in [0.2, 0.25) is 5.91 Å². The van der Waals surface area contributed by atoms with E-state index < -0.39 is 5.97 Å². The summed E-state index contributed by atoms with van der Waals surface area (Å²) in [5.41, 5.74) is 0.368. The van der Waals surface area contributed by atoms with Crippen molar-refractivity contribution < 1.29 is 14.3 Å². The van der Waals surface area contributed by atoms with Crippen LogP contribution in [0.5, 0.6) is 0 Å². The van der Waals surface area contributed by atoms with Crippen LogP contribution in [0, 0.1) is 0 Å². The quantitative estimate of drug-likeness (QED) is 0.814. The van der Waals surface area contributed by atoms with E-state index in [4.69, 9.17) is 23.2 Å². The lowest BCUT2D eigenvalue weighted by Crippen LogP contribution is -2.41. The number of carbonyl (C=O) groups is 2. The number of halogens is 2. The second-order valence-corrected chi connectivity index (χ2v) is 5.53. The summed E-state index contributed by atoms with van der Waals surface area (Å²) >= 11 is 12.0. The van der Waals surface area contributed by atoms with Crippen molar-refractivity contribution in [2.75, 3.05) is 25.5 Å². The third-order valence-electron chi connectivity index (χ3n) is 2.86. The highest BCUT2D eigenvalue weighted by Gasteiger charge is 2.19. The molecule has 0 aliphatic carbocycles. The minimum Gasteiger partial charge on any atom is -0.468 e. The number of ether oxygens (including phenoxy) is 1. The smallest absolute Gasteiger partial charge is 0.319 e. The van der Waals surface area contributed by atoms with Gasteiger partial charge in [-0.3, -0.25) is 14.5 Å². The fourth-order valence-corrected chi connectivity index (χ4v) is 2.12. The van der Waals surface area contributed by atoms with E-state index in [1.165, 1.54) is 7.11 Å². The topological polar surface area (TPSA) is 58.6 Å². The molecule has 0 spiro atoms. The highest BCUT2D eigenvalue weighted by atomic mass is 35.5. The zero-order valence-corrected chi connectivity index (χ0v) is 13.7. The zero-order valence-electron chi connectivity index (χ0n) is 12.2. The number of para-hydroxylation sites is 1. The fraction of sp³-hybridized carbons (Fsp3) is 0.429. The molecule has 0 atom stereocenters. The molecule has 0 unspecified atom stereocenters. The van der Waals surface area contributed by atoms with Crippen molar-refractivity contribution >= 4 is 40.8 Å². The summed E-state index contributed by atoms with van der Waals surface area (Å²) in [5, 5.41) is 3.38. The number of hydrogen-bond donors (Lipinski definition) is 1. The molecule has 116 valence electrons. The van der Waals surface area contributed by atoms with Crippen molar-refractivity contribution in [2.24, 2.45) is 0 Å². The van der Waals surface area contributed by atoms with Crippen molar-refractivity contribution in [3.63, 3.8) is 0 Å². The predicted octanol–water partition coefficient (Wildman–Crippen LogP) is 2.82. The van der Waals surface area contributed by atoms with Crippen molar-refractivity contribution in [3.8, 4) is 0 Å². The average molecular weight is 333 g/mol. The minimum absolute atomic E-state index is 0.0107. The maximum Gasteiger partial charge on any atom is 0.319 e. The molecule has 7 heteroatoms. The van der Waals surface area contributed by atoms with Gasteiger partial charge in [0.1, 0.15) is 0 Å². The van der Waals surface area contributed by atoms with Gasteiger partial charge in [-0.2, -0.15) is 0 Å². The number of rotatable bonds is 6. The Morgan fingerprint density at radius 3 is 2.29 bits per heavy atom. The van der Waals surface area contributed by atoms with Gasteiger partial charge in [-0.25, -0.2) is 0 Å². The molecule has 0 aliphatic rings. The summed E-state index contributed by atoms with van der Waals surface area (Å²) in [6.45, 7) is 3.85. The highest BCUT2D eigenvalue weighted by Crippen LogP contribution is 2.29. The molecule has 0 saturated heterocycles. The average Bonchev–Trinajstić information content (AvgIpc) is 2.42. The number of benzene rings is 1. The molecule has 0 saturated carbocycles. The summed E-state index contributed by atoms with van der Waals surface area (Å²) in [4.78, 5) is 25.1. The Morgan fingerprint density at radius 2 is 1.81 bits per heavy atom. The number of amides is 1. The van der Waals surface area contributed by atoms with Crippen LogP contribution in [-0.4, -0.2) is 43.0 Å². The lowest BCUT2D eigenvalue weighted by atomic mass is 10.3. The SMILES string of the molecule is COC(=O)CN(CC(=O)Nc1c(Cl)cccc1Cl)C(C)C. The molecular formula is C14H18Cl2N2O3. The van der Waals surface area contributed by atoms with Crippen molar-refractivity contribution in [1.82, 2.24) is 4.90 Å². The highest BCUT2D eigenvalue weighted by molar-refractivity contribution is 6.39. The third kappa shape index (κ3) is 5.53. The first kappa shape index (κ1) is 17.8. The summed E-state index contributed by atoms with van der Waals surface area (Å²) in [6.07, 6.45) is 0. The molecule has 0 aromatic heterocycles. The van der Waals surface area contributed by atoms with Gasteiger partial charge in [-0.15, -0.1) is 0 Å². The fourth-order valence-electron chi connectivity index (χ4n) is 1.63. The standard InChI is InChI=1S/C14H18Cl2N2O3/c1-9(2)18(8-13(20)21-3)7-12(19)17-14-10(15)5-4-6-11(14)16/h4-6,9H,7-8H2,1-3H3,(H,17,19). The molecule has 0 bridgehead atoms. The Labute approximate surface area is 134 Å². The van der Waals surface area contributed by atoms with Crippen LogP contribution in [0.3, 0.4) is 0 Å². The Morgan fingerprint density at radius 1 is 1.24 bits per heavy atom. The molecule has 5 nitrogen and oxygen atoms in total. The van der Waals surface area contributed by atoms with E-state index in [0.29, 0.717) is 15.7 Å². The summed E-state index contributed by atoms with van der Waals surface area (Å²) < 4.78 is 4.61. The van der Waals surface area contributed by atoms with Gasteiger partial charge < -0.3 is 10.1 Å². The Bertz CT molecular complexity index is 501. The zero-order chi connectivity index (χ0) is 16.0. The Balaban J connectivity index is 2.72. The van der Waals surface area contributed by atoms with E-state index in [0.717, 1.165) is 0 Å². The molecule has 0 radical (unpaired) electrons. The first-order valence-corrected chi connectivity index (χ1v) is 7.15. The van der Waals surface area contributed by atoms with Crippen LogP contribution in [0.25, 0.3) is 0 Å². The van der Waals surface area contributed by atoms with Gasteiger partial charge in [0.05, 0.1) is 35.9 Å². The number of anilines is 1. The van der Waals surface area contributed by atoms with E-state index in [1.807, 2.05) is 13.8 Å². The number of carbonyl (C=O) groups excluding carboxylic acids is 2. The number of nitrogens with zero attached hydrogens (tertiary/aromatic N) is 1. The summed E-state index contributed by atoms with van der Waals surface area (Å²) in [7, 11) is 1.31. The molecule has 1 rings (SSSR count). The number of esters is 1. The number of hydrogen-bond acceptors (Lipinski definition) is 4. The van der Waals surface area contributed by atoms with Crippen LogP contribution in [0.2, 0.25) is 10.0 Å². The number of methoxy groups -OCH3 is 1. The van der Waals surface area contributed by atoms with Gasteiger partial charge in [0.15, 0.2) is 0 Å². The van der Waals surface area contributed by atoms with E-state index in [-0.39, 0.29) is 25.0 Å². The maximum absolute atomic E-state index is 12.1. The van der Waals surface area contributed by atoms with Crippen molar-refractivity contribution in [1.29, 1.82) is 0 Å². The predicted molar refractivity (Wildman–Crippen MR) is 83.8 cm³/mol. The van der Waals surface area contributed by atoms with E-state index in [1.54, 1.807) is 23.1 Å². The minimum atomic E-state index is -0.396. The lowest BCUT2D eigenvalue weighted by Gasteiger charge is -2.24.